The molecule has 0 spiro atoms. The SMILES string of the molecule is CCCOC(=O)c1ccc(NC(=O)[C@@H]2CCCN(C(=O)OCC)C2)cc1. The summed E-state index contributed by atoms with van der Waals surface area (Å²) in [4.78, 5) is 37.7. The molecule has 1 aliphatic heterocycles. The molecule has 1 fully saturated rings. The Bertz CT molecular complexity index is 629. The molecule has 1 aliphatic rings. The van der Waals surface area contributed by atoms with Gasteiger partial charge in [-0.05, 0) is 50.5 Å². The van der Waals surface area contributed by atoms with Crippen molar-refractivity contribution in [3.05, 3.63) is 29.8 Å². The number of piperidine rings is 1. The largest absolute Gasteiger partial charge is 0.462 e. The highest BCUT2D eigenvalue weighted by Gasteiger charge is 2.29. The maximum absolute atomic E-state index is 12.5. The maximum atomic E-state index is 12.5. The second-order valence-electron chi connectivity index (χ2n) is 6.19. The number of rotatable bonds is 6. The van der Waals surface area contributed by atoms with Crippen molar-refractivity contribution in [1.29, 1.82) is 0 Å². The summed E-state index contributed by atoms with van der Waals surface area (Å²) in [7, 11) is 0. The third-order valence-electron chi connectivity index (χ3n) is 4.14. The summed E-state index contributed by atoms with van der Waals surface area (Å²) in [6.45, 7) is 5.35. The van der Waals surface area contributed by atoms with Gasteiger partial charge >= 0.3 is 12.1 Å². The van der Waals surface area contributed by atoms with Crippen LogP contribution in [0.2, 0.25) is 0 Å². The Morgan fingerprint density at radius 2 is 1.88 bits per heavy atom. The first-order valence-electron chi connectivity index (χ1n) is 9.04. The van der Waals surface area contributed by atoms with Crippen LogP contribution in [0.25, 0.3) is 0 Å². The van der Waals surface area contributed by atoms with Crippen molar-refractivity contribution in [2.24, 2.45) is 5.92 Å². The van der Waals surface area contributed by atoms with E-state index in [1.165, 1.54) is 0 Å². The van der Waals surface area contributed by atoms with Gasteiger partial charge in [0.05, 0.1) is 24.7 Å². The Kier molecular flexibility index (Phi) is 7.44. The van der Waals surface area contributed by atoms with E-state index in [9.17, 15) is 14.4 Å². The monoisotopic (exact) mass is 362 g/mol. The molecular formula is C19H26N2O5. The van der Waals surface area contributed by atoms with E-state index in [1.807, 2.05) is 6.92 Å². The van der Waals surface area contributed by atoms with Crippen molar-refractivity contribution in [2.75, 3.05) is 31.6 Å². The Morgan fingerprint density at radius 1 is 1.15 bits per heavy atom. The molecule has 0 aromatic heterocycles. The van der Waals surface area contributed by atoms with Crippen LogP contribution in [-0.4, -0.2) is 49.2 Å². The fraction of sp³-hybridized carbons (Fsp3) is 0.526. The van der Waals surface area contributed by atoms with Crippen molar-refractivity contribution in [1.82, 2.24) is 4.90 Å². The van der Waals surface area contributed by atoms with E-state index < -0.39 is 0 Å². The van der Waals surface area contributed by atoms with Crippen molar-refractivity contribution < 1.29 is 23.9 Å². The molecule has 7 nitrogen and oxygen atoms in total. The van der Waals surface area contributed by atoms with Crippen LogP contribution < -0.4 is 5.32 Å². The fourth-order valence-electron chi connectivity index (χ4n) is 2.78. The summed E-state index contributed by atoms with van der Waals surface area (Å²) in [6, 6.07) is 6.59. The van der Waals surface area contributed by atoms with Crippen LogP contribution >= 0.6 is 0 Å². The summed E-state index contributed by atoms with van der Waals surface area (Å²) < 4.78 is 10.1. The molecule has 2 rings (SSSR count). The molecule has 2 amide bonds. The number of hydrogen-bond donors (Lipinski definition) is 1. The van der Waals surface area contributed by atoms with Crippen molar-refractivity contribution >= 4 is 23.7 Å². The van der Waals surface area contributed by atoms with Crippen LogP contribution in [-0.2, 0) is 14.3 Å². The fourth-order valence-corrected chi connectivity index (χ4v) is 2.78. The molecule has 142 valence electrons. The third-order valence-corrected chi connectivity index (χ3v) is 4.14. The minimum absolute atomic E-state index is 0.139. The van der Waals surface area contributed by atoms with Crippen molar-refractivity contribution in [2.45, 2.75) is 33.1 Å². The van der Waals surface area contributed by atoms with E-state index in [4.69, 9.17) is 9.47 Å². The lowest BCUT2D eigenvalue weighted by molar-refractivity contribution is -0.121. The van der Waals surface area contributed by atoms with E-state index in [1.54, 1.807) is 36.1 Å². The lowest BCUT2D eigenvalue weighted by Gasteiger charge is -2.31. The molecular weight excluding hydrogens is 336 g/mol. The lowest BCUT2D eigenvalue weighted by Crippen LogP contribution is -2.44. The van der Waals surface area contributed by atoms with Crippen molar-refractivity contribution in [3.8, 4) is 0 Å². The van der Waals surface area contributed by atoms with E-state index in [2.05, 4.69) is 5.32 Å². The van der Waals surface area contributed by atoms with Gasteiger partial charge in [-0.1, -0.05) is 6.92 Å². The van der Waals surface area contributed by atoms with Crippen LogP contribution in [0.1, 0.15) is 43.5 Å². The summed E-state index contributed by atoms with van der Waals surface area (Å²) in [6.07, 6.45) is 1.88. The van der Waals surface area contributed by atoms with E-state index in [0.29, 0.717) is 37.6 Å². The van der Waals surface area contributed by atoms with Crippen LogP contribution in [0.4, 0.5) is 10.5 Å². The maximum Gasteiger partial charge on any atom is 0.409 e. The average molecular weight is 362 g/mol. The summed E-state index contributed by atoms with van der Waals surface area (Å²) in [5.74, 6) is -0.787. The lowest BCUT2D eigenvalue weighted by atomic mass is 9.97. The highest BCUT2D eigenvalue weighted by Crippen LogP contribution is 2.20. The molecule has 1 saturated heterocycles. The second-order valence-corrected chi connectivity index (χ2v) is 6.19. The van der Waals surface area contributed by atoms with Crippen LogP contribution in [0.15, 0.2) is 24.3 Å². The Hall–Kier alpha value is -2.57. The van der Waals surface area contributed by atoms with Gasteiger partial charge in [-0.3, -0.25) is 4.79 Å². The summed E-state index contributed by atoms with van der Waals surface area (Å²) >= 11 is 0. The van der Waals surface area contributed by atoms with Gasteiger partial charge in [-0.2, -0.15) is 0 Å². The van der Waals surface area contributed by atoms with Crippen LogP contribution in [0, 0.1) is 5.92 Å². The van der Waals surface area contributed by atoms with Gasteiger partial charge in [0.25, 0.3) is 0 Å². The minimum Gasteiger partial charge on any atom is -0.462 e. The standard InChI is InChI=1S/C19H26N2O5/c1-3-12-26-18(23)14-7-9-16(10-8-14)20-17(22)15-6-5-11-21(13-15)19(24)25-4-2/h7-10,15H,3-6,11-13H2,1-2H3,(H,20,22)/t15-/m1/s1. The highest BCUT2D eigenvalue weighted by molar-refractivity contribution is 5.94. The van der Waals surface area contributed by atoms with Crippen LogP contribution in [0.5, 0.6) is 0 Å². The molecule has 0 unspecified atom stereocenters. The molecule has 0 bridgehead atoms. The van der Waals surface area contributed by atoms with E-state index >= 15 is 0 Å². The summed E-state index contributed by atoms with van der Waals surface area (Å²) in [5.41, 5.74) is 1.05. The molecule has 7 heteroatoms. The molecule has 0 aliphatic carbocycles. The Morgan fingerprint density at radius 3 is 2.54 bits per heavy atom. The number of likely N-dealkylation sites (tertiary alicyclic amines) is 1. The predicted molar refractivity (Wildman–Crippen MR) is 97.0 cm³/mol. The molecule has 1 aromatic carbocycles. The van der Waals surface area contributed by atoms with Gasteiger partial charge in [0, 0.05) is 18.8 Å². The first kappa shape index (κ1) is 19.8. The number of hydrogen-bond acceptors (Lipinski definition) is 5. The summed E-state index contributed by atoms with van der Waals surface area (Å²) in [5, 5.41) is 2.84. The number of carbonyl (C=O) groups excluding carboxylic acids is 3. The quantitative estimate of drug-likeness (QED) is 0.786. The topological polar surface area (TPSA) is 84.9 Å². The van der Waals surface area contributed by atoms with Gasteiger partial charge in [0.15, 0.2) is 0 Å². The molecule has 1 N–H and O–H groups in total. The number of carbonyl (C=O) groups is 3. The number of esters is 1. The zero-order chi connectivity index (χ0) is 18.9. The zero-order valence-corrected chi connectivity index (χ0v) is 15.3. The number of amides is 2. The number of nitrogens with zero attached hydrogens (tertiary/aromatic N) is 1. The Labute approximate surface area is 153 Å². The first-order chi connectivity index (χ1) is 12.5. The van der Waals surface area contributed by atoms with Gasteiger partial charge in [0.2, 0.25) is 5.91 Å². The third kappa shape index (κ3) is 5.47. The van der Waals surface area contributed by atoms with Gasteiger partial charge in [0.1, 0.15) is 0 Å². The number of anilines is 1. The first-order valence-corrected chi connectivity index (χ1v) is 9.04. The smallest absolute Gasteiger partial charge is 0.409 e. The normalized spacial score (nSPS) is 16.7. The molecule has 26 heavy (non-hydrogen) atoms. The zero-order valence-electron chi connectivity index (χ0n) is 15.3. The molecule has 1 heterocycles. The Balaban J connectivity index is 1.90. The highest BCUT2D eigenvalue weighted by atomic mass is 16.6. The predicted octanol–water partition coefficient (Wildman–Crippen LogP) is 3.06. The van der Waals surface area contributed by atoms with Gasteiger partial charge < -0.3 is 19.7 Å². The molecule has 1 aromatic rings. The average Bonchev–Trinajstić information content (AvgIpc) is 2.67. The second kappa shape index (κ2) is 9.79. The molecule has 0 saturated carbocycles. The number of nitrogens with one attached hydrogen (secondary N) is 1. The number of ether oxygens (including phenoxy) is 2. The minimum atomic E-state index is -0.375. The number of benzene rings is 1. The van der Waals surface area contributed by atoms with Gasteiger partial charge in [-0.25, -0.2) is 9.59 Å². The molecule has 1 atom stereocenters. The van der Waals surface area contributed by atoms with E-state index in [-0.39, 0.29) is 23.9 Å². The molecule has 0 radical (unpaired) electrons. The van der Waals surface area contributed by atoms with Crippen molar-refractivity contribution in [3.63, 3.8) is 0 Å². The van der Waals surface area contributed by atoms with E-state index in [0.717, 1.165) is 19.3 Å². The van der Waals surface area contributed by atoms with Gasteiger partial charge in [-0.15, -0.1) is 0 Å². The van der Waals surface area contributed by atoms with Crippen LogP contribution in [0.3, 0.4) is 0 Å².